The first kappa shape index (κ1) is 10.8. The SMILES string of the molecule is CCOC(=O)/C=C1\CCC(CI)O1. The third-order valence-electron chi connectivity index (χ3n) is 1.77. The molecule has 1 unspecified atom stereocenters. The van der Waals surface area contributed by atoms with Gasteiger partial charge in [-0.05, 0) is 13.3 Å². The molecule has 0 N–H and O–H groups in total. The summed E-state index contributed by atoms with van der Waals surface area (Å²) in [7, 11) is 0. The maximum Gasteiger partial charge on any atom is 0.334 e. The predicted octanol–water partition coefficient (Wildman–Crippen LogP) is 2.05. The van der Waals surface area contributed by atoms with E-state index >= 15 is 0 Å². The summed E-state index contributed by atoms with van der Waals surface area (Å²) >= 11 is 2.28. The van der Waals surface area contributed by atoms with Crippen LogP contribution < -0.4 is 0 Å². The number of carbonyl (C=O) groups excluding carboxylic acids is 1. The van der Waals surface area contributed by atoms with Gasteiger partial charge in [0, 0.05) is 10.8 Å². The van der Waals surface area contributed by atoms with Crippen LogP contribution in [0.4, 0.5) is 0 Å². The molecule has 1 rings (SSSR count). The summed E-state index contributed by atoms with van der Waals surface area (Å²) in [5, 5.41) is 0. The van der Waals surface area contributed by atoms with Crippen LogP contribution in [0.25, 0.3) is 0 Å². The van der Waals surface area contributed by atoms with Gasteiger partial charge in [-0.15, -0.1) is 0 Å². The largest absolute Gasteiger partial charge is 0.494 e. The van der Waals surface area contributed by atoms with Crippen LogP contribution in [-0.4, -0.2) is 23.1 Å². The zero-order valence-corrected chi connectivity index (χ0v) is 9.74. The van der Waals surface area contributed by atoms with Crippen LogP contribution in [0.3, 0.4) is 0 Å². The van der Waals surface area contributed by atoms with Crippen LogP contribution in [0, 0.1) is 0 Å². The highest BCUT2D eigenvalue weighted by Crippen LogP contribution is 2.24. The van der Waals surface area contributed by atoms with Gasteiger partial charge in [0.15, 0.2) is 0 Å². The highest BCUT2D eigenvalue weighted by molar-refractivity contribution is 14.1. The van der Waals surface area contributed by atoms with Gasteiger partial charge in [-0.3, -0.25) is 0 Å². The Bertz CT molecular complexity index is 213. The van der Waals surface area contributed by atoms with E-state index in [4.69, 9.17) is 9.47 Å². The first-order valence-corrected chi connectivity index (χ1v) is 5.88. The molecule has 0 aromatic carbocycles. The van der Waals surface area contributed by atoms with E-state index in [9.17, 15) is 4.79 Å². The molecule has 0 bridgehead atoms. The summed E-state index contributed by atoms with van der Waals surface area (Å²) in [4.78, 5) is 11.0. The third-order valence-corrected chi connectivity index (χ3v) is 2.75. The molecular weight excluding hydrogens is 283 g/mol. The molecule has 0 radical (unpaired) electrons. The number of alkyl halides is 1. The van der Waals surface area contributed by atoms with Crippen molar-refractivity contribution in [2.24, 2.45) is 0 Å². The Hall–Kier alpha value is -0.260. The fraction of sp³-hybridized carbons (Fsp3) is 0.667. The molecule has 1 saturated heterocycles. The maximum atomic E-state index is 11.0. The van der Waals surface area contributed by atoms with Gasteiger partial charge in [0.1, 0.15) is 11.9 Å². The van der Waals surface area contributed by atoms with Crippen molar-refractivity contribution in [3.63, 3.8) is 0 Å². The topological polar surface area (TPSA) is 35.5 Å². The van der Waals surface area contributed by atoms with Crippen molar-refractivity contribution in [1.29, 1.82) is 0 Å². The fourth-order valence-corrected chi connectivity index (χ4v) is 1.79. The smallest absolute Gasteiger partial charge is 0.334 e. The summed E-state index contributed by atoms with van der Waals surface area (Å²) in [6.45, 7) is 2.21. The van der Waals surface area contributed by atoms with Gasteiger partial charge in [0.2, 0.25) is 0 Å². The minimum absolute atomic E-state index is 0.279. The second-order valence-corrected chi connectivity index (χ2v) is 3.68. The van der Waals surface area contributed by atoms with Crippen LogP contribution in [0.1, 0.15) is 19.8 Å². The summed E-state index contributed by atoms with van der Waals surface area (Å²) in [6.07, 6.45) is 3.59. The van der Waals surface area contributed by atoms with E-state index in [-0.39, 0.29) is 12.1 Å². The Kier molecular flexibility index (Phi) is 4.55. The molecule has 3 nitrogen and oxygen atoms in total. The lowest BCUT2D eigenvalue weighted by Crippen LogP contribution is -2.05. The third kappa shape index (κ3) is 3.54. The van der Waals surface area contributed by atoms with Crippen molar-refractivity contribution in [3.8, 4) is 0 Å². The van der Waals surface area contributed by atoms with E-state index in [0.717, 1.165) is 23.0 Å². The van der Waals surface area contributed by atoms with E-state index in [1.807, 2.05) is 0 Å². The molecule has 0 spiro atoms. The van der Waals surface area contributed by atoms with Crippen LogP contribution >= 0.6 is 22.6 Å². The fourth-order valence-electron chi connectivity index (χ4n) is 1.17. The van der Waals surface area contributed by atoms with Gasteiger partial charge < -0.3 is 9.47 Å². The van der Waals surface area contributed by atoms with Gasteiger partial charge in [-0.1, -0.05) is 22.6 Å². The van der Waals surface area contributed by atoms with Crippen molar-refractivity contribution in [2.45, 2.75) is 25.9 Å². The normalized spacial score (nSPS) is 24.5. The second-order valence-electron chi connectivity index (χ2n) is 2.80. The molecule has 0 amide bonds. The Balaban J connectivity index is 2.40. The van der Waals surface area contributed by atoms with E-state index in [1.165, 1.54) is 6.08 Å². The number of esters is 1. The molecule has 0 aromatic rings. The molecule has 0 aromatic heterocycles. The second kappa shape index (κ2) is 5.47. The number of allylic oxidation sites excluding steroid dienone is 1. The minimum Gasteiger partial charge on any atom is -0.494 e. The van der Waals surface area contributed by atoms with Crippen LogP contribution in [0.5, 0.6) is 0 Å². The van der Waals surface area contributed by atoms with E-state index in [2.05, 4.69) is 22.6 Å². The van der Waals surface area contributed by atoms with Gasteiger partial charge in [-0.25, -0.2) is 4.79 Å². The molecule has 1 aliphatic heterocycles. The minimum atomic E-state index is -0.299. The highest BCUT2D eigenvalue weighted by Gasteiger charge is 2.20. The molecule has 4 heteroatoms. The zero-order chi connectivity index (χ0) is 9.68. The molecular formula is C9H13IO3. The number of halogens is 1. The monoisotopic (exact) mass is 296 g/mol. The summed E-state index contributed by atoms with van der Waals surface area (Å²) in [5.74, 6) is 0.465. The predicted molar refractivity (Wildman–Crippen MR) is 57.7 cm³/mol. The summed E-state index contributed by atoms with van der Waals surface area (Å²) in [6, 6.07) is 0. The van der Waals surface area contributed by atoms with Crippen molar-refractivity contribution in [3.05, 3.63) is 11.8 Å². The first-order chi connectivity index (χ1) is 6.26. The van der Waals surface area contributed by atoms with Gasteiger partial charge in [0.05, 0.1) is 12.7 Å². The lowest BCUT2D eigenvalue weighted by Gasteiger charge is -2.05. The van der Waals surface area contributed by atoms with Gasteiger partial charge in [-0.2, -0.15) is 0 Å². The van der Waals surface area contributed by atoms with E-state index < -0.39 is 0 Å². The van der Waals surface area contributed by atoms with Crippen molar-refractivity contribution < 1.29 is 14.3 Å². The average Bonchev–Trinajstić information content (AvgIpc) is 2.52. The molecule has 13 heavy (non-hydrogen) atoms. The Morgan fingerprint density at radius 2 is 2.62 bits per heavy atom. The molecule has 0 saturated carbocycles. The molecule has 0 aliphatic carbocycles. The lowest BCUT2D eigenvalue weighted by molar-refractivity contribution is -0.137. The van der Waals surface area contributed by atoms with Crippen molar-refractivity contribution in [2.75, 3.05) is 11.0 Å². The molecule has 1 fully saturated rings. The van der Waals surface area contributed by atoms with Gasteiger partial charge >= 0.3 is 5.97 Å². The first-order valence-electron chi connectivity index (χ1n) is 4.36. The van der Waals surface area contributed by atoms with Crippen LogP contribution in [0.2, 0.25) is 0 Å². The highest BCUT2D eigenvalue weighted by atomic mass is 127. The Morgan fingerprint density at radius 3 is 3.15 bits per heavy atom. The van der Waals surface area contributed by atoms with Crippen molar-refractivity contribution in [1.82, 2.24) is 0 Å². The standard InChI is InChI=1S/C9H13IO3/c1-2-12-9(11)5-7-3-4-8(6-10)13-7/h5,8H,2-4,6H2,1H3/b7-5+. The van der Waals surface area contributed by atoms with Crippen molar-refractivity contribution >= 4 is 28.6 Å². The number of hydrogen-bond acceptors (Lipinski definition) is 3. The van der Waals surface area contributed by atoms with Gasteiger partial charge in [0.25, 0.3) is 0 Å². The van der Waals surface area contributed by atoms with E-state index in [0.29, 0.717) is 6.61 Å². The van der Waals surface area contributed by atoms with Crippen LogP contribution in [0.15, 0.2) is 11.8 Å². The average molecular weight is 296 g/mol. The number of carbonyl (C=O) groups is 1. The molecule has 1 heterocycles. The number of rotatable bonds is 3. The summed E-state index contributed by atoms with van der Waals surface area (Å²) in [5.41, 5.74) is 0. The number of ether oxygens (including phenoxy) is 2. The maximum absolute atomic E-state index is 11.0. The molecule has 1 aliphatic rings. The molecule has 1 atom stereocenters. The summed E-state index contributed by atoms with van der Waals surface area (Å²) < 4.78 is 11.2. The lowest BCUT2D eigenvalue weighted by atomic mass is 10.2. The molecule has 74 valence electrons. The van der Waals surface area contributed by atoms with Crippen LogP contribution in [-0.2, 0) is 14.3 Å². The quantitative estimate of drug-likeness (QED) is 0.346. The van der Waals surface area contributed by atoms with E-state index in [1.54, 1.807) is 6.92 Å². The Labute approximate surface area is 91.6 Å². The number of hydrogen-bond donors (Lipinski definition) is 0. The Morgan fingerprint density at radius 1 is 1.85 bits per heavy atom. The zero-order valence-electron chi connectivity index (χ0n) is 7.59.